The van der Waals surface area contributed by atoms with Crippen molar-refractivity contribution in [3.63, 3.8) is 0 Å². The van der Waals surface area contributed by atoms with E-state index in [1.165, 1.54) is 0 Å². The summed E-state index contributed by atoms with van der Waals surface area (Å²) in [6.07, 6.45) is 5.82. The lowest BCUT2D eigenvalue weighted by molar-refractivity contribution is 0.105. The first kappa shape index (κ1) is 13.7. The normalized spacial score (nSPS) is 22.9. The summed E-state index contributed by atoms with van der Waals surface area (Å²) in [5.41, 5.74) is 2.87. The van der Waals surface area contributed by atoms with E-state index in [0.29, 0.717) is 11.7 Å². The van der Waals surface area contributed by atoms with Gasteiger partial charge in [0.25, 0.3) is 0 Å². The Morgan fingerprint density at radius 1 is 1.40 bits per heavy atom. The molecular weight excluding hydrogens is 316 g/mol. The van der Waals surface area contributed by atoms with E-state index >= 15 is 0 Å². The predicted octanol–water partition coefficient (Wildman–Crippen LogP) is 4.74. The van der Waals surface area contributed by atoms with E-state index in [2.05, 4.69) is 37.6 Å². The maximum Gasteiger partial charge on any atom is 0.190 e. The number of aromatic nitrogens is 1. The van der Waals surface area contributed by atoms with E-state index in [1.54, 1.807) is 0 Å². The van der Waals surface area contributed by atoms with Crippen molar-refractivity contribution >= 4 is 32.5 Å². The molecule has 0 bridgehead atoms. The molecule has 0 amide bonds. The van der Waals surface area contributed by atoms with Crippen molar-refractivity contribution in [3.8, 4) is 0 Å². The van der Waals surface area contributed by atoms with Crippen LogP contribution in [0.15, 0.2) is 22.8 Å². The van der Waals surface area contributed by atoms with Gasteiger partial charge in [0.15, 0.2) is 5.69 Å². The maximum absolute atomic E-state index is 9.89. The fourth-order valence-corrected chi connectivity index (χ4v) is 3.70. The average Bonchev–Trinajstić information content (AvgIpc) is 2.74. The van der Waals surface area contributed by atoms with Crippen molar-refractivity contribution in [2.24, 2.45) is 0 Å². The summed E-state index contributed by atoms with van der Waals surface area (Å²) in [5.74, 6) is 0. The fraction of sp³-hybridized carbons (Fsp3) is 0.438. The van der Waals surface area contributed by atoms with Gasteiger partial charge < -0.3 is 9.67 Å². The second kappa shape index (κ2) is 5.23. The highest BCUT2D eigenvalue weighted by atomic mass is 79.9. The first-order chi connectivity index (χ1) is 9.60. The zero-order valence-corrected chi connectivity index (χ0v) is 13.0. The van der Waals surface area contributed by atoms with Crippen molar-refractivity contribution in [3.05, 3.63) is 39.8 Å². The number of benzene rings is 1. The Bertz CT molecular complexity index is 699. The Morgan fingerprint density at radius 2 is 2.20 bits per heavy atom. The minimum Gasteiger partial charge on any atom is -0.393 e. The number of fused-ring (bicyclic) bond motifs is 1. The van der Waals surface area contributed by atoms with E-state index in [4.69, 9.17) is 6.57 Å². The van der Waals surface area contributed by atoms with E-state index in [-0.39, 0.29) is 6.10 Å². The second-order valence-electron chi connectivity index (χ2n) is 5.63. The quantitative estimate of drug-likeness (QED) is 0.751. The molecule has 3 nitrogen and oxygen atoms in total. The molecule has 1 aliphatic rings. The molecule has 0 spiro atoms. The van der Waals surface area contributed by atoms with E-state index in [9.17, 15) is 5.11 Å². The van der Waals surface area contributed by atoms with Gasteiger partial charge in [-0.3, -0.25) is 0 Å². The van der Waals surface area contributed by atoms with Gasteiger partial charge in [0.1, 0.15) is 0 Å². The van der Waals surface area contributed by atoms with E-state index < -0.39 is 0 Å². The molecular formula is C16H17BrN2O. The summed E-state index contributed by atoms with van der Waals surface area (Å²) in [4.78, 5) is 3.58. The van der Waals surface area contributed by atoms with Gasteiger partial charge in [0.05, 0.1) is 12.7 Å². The lowest BCUT2D eigenvalue weighted by Crippen LogP contribution is -2.21. The van der Waals surface area contributed by atoms with Crippen LogP contribution in [0.1, 0.15) is 37.3 Å². The average molecular weight is 333 g/mol. The second-order valence-corrected chi connectivity index (χ2v) is 6.48. The van der Waals surface area contributed by atoms with Gasteiger partial charge in [0, 0.05) is 27.6 Å². The molecule has 0 unspecified atom stereocenters. The number of rotatable bonds is 1. The number of hydrogen-bond acceptors (Lipinski definition) is 1. The summed E-state index contributed by atoms with van der Waals surface area (Å²) >= 11 is 3.60. The molecule has 1 saturated carbocycles. The topological polar surface area (TPSA) is 29.5 Å². The van der Waals surface area contributed by atoms with Gasteiger partial charge in [-0.15, -0.1) is 0 Å². The van der Waals surface area contributed by atoms with E-state index in [0.717, 1.165) is 46.6 Å². The molecule has 1 fully saturated rings. The van der Waals surface area contributed by atoms with Crippen molar-refractivity contribution in [2.75, 3.05) is 0 Å². The molecule has 3 rings (SSSR count). The maximum atomic E-state index is 9.89. The lowest BCUT2D eigenvalue weighted by atomic mass is 9.93. The summed E-state index contributed by atoms with van der Waals surface area (Å²) < 4.78 is 3.29. The standard InChI is InChI=1S/C16H17BrN2O/c1-10-6-16-13(8-15(10)18-2)14(17)9-19(16)11-4-3-5-12(20)7-11/h6,8-9,11-12,20H,3-5,7H2,1H3/t11-,12-/m1/s1. The van der Waals surface area contributed by atoms with Crippen LogP contribution < -0.4 is 0 Å². The van der Waals surface area contributed by atoms with Crippen LogP contribution in [-0.4, -0.2) is 15.8 Å². The van der Waals surface area contributed by atoms with Crippen LogP contribution in [0.25, 0.3) is 15.7 Å². The molecule has 104 valence electrons. The Morgan fingerprint density at radius 3 is 2.90 bits per heavy atom. The van der Waals surface area contributed by atoms with Gasteiger partial charge >= 0.3 is 0 Å². The number of nitrogens with zero attached hydrogens (tertiary/aromatic N) is 2. The molecule has 1 N–H and O–H groups in total. The van der Waals surface area contributed by atoms with Gasteiger partial charge in [-0.1, -0.05) is 0 Å². The largest absolute Gasteiger partial charge is 0.393 e. The molecule has 20 heavy (non-hydrogen) atoms. The van der Waals surface area contributed by atoms with Crippen molar-refractivity contribution in [1.82, 2.24) is 4.57 Å². The monoisotopic (exact) mass is 332 g/mol. The first-order valence-electron chi connectivity index (χ1n) is 6.96. The fourth-order valence-electron chi connectivity index (χ4n) is 3.16. The van der Waals surface area contributed by atoms with Gasteiger partial charge in [0.2, 0.25) is 0 Å². The smallest absolute Gasteiger partial charge is 0.190 e. The Kier molecular flexibility index (Phi) is 3.57. The van der Waals surface area contributed by atoms with Gasteiger partial charge in [-0.05, 0) is 66.2 Å². The minimum absolute atomic E-state index is 0.186. The molecule has 2 aromatic rings. The van der Waals surface area contributed by atoms with Gasteiger partial charge in [-0.2, -0.15) is 0 Å². The molecule has 1 heterocycles. The molecule has 0 saturated heterocycles. The Balaban J connectivity index is 2.12. The summed E-state index contributed by atoms with van der Waals surface area (Å²) in [5, 5.41) is 11.0. The van der Waals surface area contributed by atoms with Crippen molar-refractivity contribution in [1.29, 1.82) is 0 Å². The number of aryl methyl sites for hydroxylation is 1. The lowest BCUT2D eigenvalue weighted by Gasteiger charge is -2.28. The number of halogens is 1. The highest BCUT2D eigenvalue weighted by Crippen LogP contribution is 2.37. The Labute approximate surface area is 127 Å². The summed E-state index contributed by atoms with van der Waals surface area (Å²) in [7, 11) is 0. The third kappa shape index (κ3) is 2.25. The number of aliphatic hydroxyl groups is 1. The number of hydrogen-bond donors (Lipinski definition) is 1. The Hall–Kier alpha value is -1.31. The molecule has 0 radical (unpaired) electrons. The first-order valence-corrected chi connectivity index (χ1v) is 7.75. The van der Waals surface area contributed by atoms with E-state index in [1.807, 2.05) is 13.0 Å². The van der Waals surface area contributed by atoms with Crippen molar-refractivity contribution in [2.45, 2.75) is 44.8 Å². The molecule has 4 heteroatoms. The molecule has 1 aromatic heterocycles. The highest BCUT2D eigenvalue weighted by molar-refractivity contribution is 9.10. The molecule has 1 aromatic carbocycles. The van der Waals surface area contributed by atoms with Crippen LogP contribution in [0.2, 0.25) is 0 Å². The highest BCUT2D eigenvalue weighted by Gasteiger charge is 2.23. The molecule has 0 aliphatic heterocycles. The summed E-state index contributed by atoms with van der Waals surface area (Å²) in [6.45, 7) is 9.21. The molecule has 2 atom stereocenters. The van der Waals surface area contributed by atoms with Crippen LogP contribution in [0, 0.1) is 13.5 Å². The zero-order chi connectivity index (χ0) is 14.3. The third-order valence-corrected chi connectivity index (χ3v) is 4.87. The van der Waals surface area contributed by atoms with Crippen LogP contribution in [0.3, 0.4) is 0 Å². The SMILES string of the molecule is [C-]#[N+]c1cc2c(Br)cn([C@@H]3CCC[C@@H](O)C3)c2cc1C. The van der Waals surface area contributed by atoms with Gasteiger partial charge in [-0.25, -0.2) is 4.85 Å². The molecule has 1 aliphatic carbocycles. The number of aliphatic hydroxyl groups excluding tert-OH is 1. The third-order valence-electron chi connectivity index (χ3n) is 4.23. The zero-order valence-electron chi connectivity index (χ0n) is 11.4. The summed E-state index contributed by atoms with van der Waals surface area (Å²) in [6, 6.07) is 4.40. The van der Waals surface area contributed by atoms with Crippen molar-refractivity contribution < 1.29 is 5.11 Å². The van der Waals surface area contributed by atoms with Crippen LogP contribution in [0.5, 0.6) is 0 Å². The van der Waals surface area contributed by atoms with Crippen LogP contribution >= 0.6 is 15.9 Å². The predicted molar refractivity (Wildman–Crippen MR) is 84.1 cm³/mol. The van der Waals surface area contributed by atoms with Crippen LogP contribution in [-0.2, 0) is 0 Å². The minimum atomic E-state index is -0.186. The van der Waals surface area contributed by atoms with Crippen LogP contribution in [0.4, 0.5) is 5.69 Å².